The van der Waals surface area contributed by atoms with Crippen LogP contribution in [0, 0.1) is 0 Å². The first-order valence-corrected chi connectivity index (χ1v) is 0. The SMILES string of the molecule is C.[Al].[Fe].[Nb].[Si].[Sn].[Ta]. The van der Waals surface area contributed by atoms with E-state index < -0.39 is 0 Å². The first kappa shape index (κ1) is 76.4. The van der Waals surface area contributed by atoms with E-state index in [1.54, 1.807) is 0 Å². The average Bonchev–Trinajstić information content (AvgIpc) is 0. The van der Waals surface area contributed by atoms with Crippen LogP contribution in [0.3, 0.4) is 0 Å². The van der Waals surface area contributed by atoms with Crippen molar-refractivity contribution in [2.24, 2.45) is 0 Å². The summed E-state index contributed by atoms with van der Waals surface area (Å²) in [6, 6.07) is 0. The summed E-state index contributed by atoms with van der Waals surface area (Å²) >= 11 is 0. The van der Waals surface area contributed by atoms with Gasteiger partial charge >= 0.3 is 0 Å². The summed E-state index contributed by atoms with van der Waals surface area (Å²) in [5, 5.41) is 0. The van der Waals surface area contributed by atoms with Crippen molar-refractivity contribution in [1.82, 2.24) is 0 Å². The van der Waals surface area contributed by atoms with Crippen LogP contribution < -0.4 is 0 Å². The van der Waals surface area contributed by atoms with Crippen LogP contribution in [-0.4, -0.2) is 52.2 Å². The zero-order valence-electron chi connectivity index (χ0n) is 2.83. The summed E-state index contributed by atoms with van der Waals surface area (Å²) < 4.78 is 0. The molecule has 0 N–H and O–H groups in total. The summed E-state index contributed by atoms with van der Waals surface area (Å²) in [6.45, 7) is 0. The van der Waals surface area contributed by atoms with Gasteiger partial charge in [0.25, 0.3) is 0 Å². The van der Waals surface area contributed by atoms with Crippen LogP contribution in [0.4, 0.5) is 0 Å². The van der Waals surface area contributed by atoms with Crippen LogP contribution in [0.1, 0.15) is 7.43 Å². The van der Waals surface area contributed by atoms with E-state index in [9.17, 15) is 0 Å². The van der Waals surface area contributed by atoms with E-state index in [2.05, 4.69) is 0 Å². The Kier molecular flexibility index (Phi) is 605. The predicted octanol–water partition coefficient (Wildman–Crippen LogP) is -0.514. The molecule has 0 atom stereocenters. The fourth-order valence-electron chi connectivity index (χ4n) is 0. The van der Waals surface area contributed by atoms with Crippen molar-refractivity contribution in [1.29, 1.82) is 0 Å². The monoisotopic (exact) mass is 521 g/mol. The first-order valence-electron chi connectivity index (χ1n) is 0. The molecule has 0 spiro atoms. The molecule has 0 unspecified atom stereocenters. The number of hydrogen-bond donors (Lipinski definition) is 0. The maximum atomic E-state index is 0. The maximum absolute atomic E-state index is 0. The second-order valence-corrected chi connectivity index (χ2v) is 0. The van der Waals surface area contributed by atoms with Crippen molar-refractivity contribution in [3.63, 3.8) is 0 Å². The molecule has 13 radical (unpaired) electrons. The molecule has 0 bridgehead atoms. The van der Waals surface area contributed by atoms with E-state index in [-0.39, 0.29) is 121 Å². The van der Waals surface area contributed by atoms with E-state index in [1.165, 1.54) is 0 Å². The van der Waals surface area contributed by atoms with Gasteiger partial charge in [-0.05, 0) is 0 Å². The van der Waals surface area contributed by atoms with Crippen molar-refractivity contribution in [3.05, 3.63) is 0 Å². The standard InChI is InChI=1S/CH4.Al.Fe.Nb.Si.Sn.Ta/h1H4;;;;;;. The molecule has 0 saturated carbocycles. The smallest absolute Gasteiger partial charge is 0 e. The van der Waals surface area contributed by atoms with Crippen LogP contribution >= 0.6 is 0 Å². The normalized spacial score (nSPS) is 0. The second kappa shape index (κ2) is 55.4. The third-order valence-electron chi connectivity index (χ3n) is 0. The molecule has 0 rings (SSSR count). The van der Waals surface area contributed by atoms with E-state index in [1.807, 2.05) is 0 Å². The van der Waals surface area contributed by atoms with E-state index in [0.29, 0.717) is 0 Å². The molecule has 0 nitrogen and oxygen atoms in total. The fourth-order valence-corrected chi connectivity index (χ4v) is 0. The van der Waals surface area contributed by atoms with Crippen molar-refractivity contribution >= 4 is 52.2 Å². The Morgan fingerprint density at radius 1 is 1.00 bits per heavy atom. The van der Waals surface area contributed by atoms with Gasteiger partial charge in [-0.1, -0.05) is 7.43 Å². The molecule has 0 aliphatic heterocycles. The Morgan fingerprint density at radius 2 is 1.00 bits per heavy atom. The molecule has 0 saturated heterocycles. The average molecular weight is 520 g/mol. The van der Waals surface area contributed by atoms with Crippen molar-refractivity contribution in [3.8, 4) is 0 Å². The van der Waals surface area contributed by atoms with Crippen LogP contribution in [0.25, 0.3) is 0 Å². The molecule has 0 fully saturated rings. The molecule has 0 aliphatic carbocycles. The van der Waals surface area contributed by atoms with Gasteiger partial charge in [0.2, 0.25) is 0 Å². The summed E-state index contributed by atoms with van der Waals surface area (Å²) in [5.74, 6) is 0. The third-order valence-corrected chi connectivity index (χ3v) is 0. The van der Waals surface area contributed by atoms with Crippen molar-refractivity contribution in [2.45, 2.75) is 7.43 Å². The minimum absolute atomic E-state index is 0. The van der Waals surface area contributed by atoms with Gasteiger partial charge in [0.15, 0.2) is 0 Å². The van der Waals surface area contributed by atoms with Crippen LogP contribution in [0.5, 0.6) is 0 Å². The van der Waals surface area contributed by atoms with Crippen molar-refractivity contribution in [2.75, 3.05) is 0 Å². The Hall–Kier alpha value is 3.55. The molecule has 7 heavy (non-hydrogen) atoms. The number of rotatable bonds is 0. The molecule has 0 heterocycles. The van der Waals surface area contributed by atoms with Crippen molar-refractivity contribution < 1.29 is 61.8 Å². The van der Waals surface area contributed by atoms with Gasteiger partial charge in [-0.2, -0.15) is 0 Å². The third kappa shape index (κ3) is 43.2. The van der Waals surface area contributed by atoms with Crippen LogP contribution in [0.2, 0.25) is 0 Å². The summed E-state index contributed by atoms with van der Waals surface area (Å²) in [7, 11) is 0. The molecule has 0 aromatic rings. The second-order valence-electron chi connectivity index (χ2n) is 0. The molecule has 0 amide bonds. The van der Waals surface area contributed by atoms with Gasteiger partial charge in [-0.15, -0.1) is 0 Å². The maximum Gasteiger partial charge on any atom is 0 e. The minimum Gasteiger partial charge on any atom is -0.0776 e. The Bertz CT molecular complexity index is 19.7. The topological polar surface area (TPSA) is 0 Å². The quantitative estimate of drug-likeness (QED) is 0.379. The Balaban J connectivity index is 0. The first-order chi connectivity index (χ1) is 0. The van der Waals surface area contributed by atoms with Gasteiger partial charge in [0.1, 0.15) is 0 Å². The predicted molar refractivity (Wildman–Crippen MR) is 24.0 cm³/mol. The summed E-state index contributed by atoms with van der Waals surface area (Å²) in [4.78, 5) is 0. The molecular weight excluding hydrogens is 515 g/mol. The zero-order chi connectivity index (χ0) is 0. The Morgan fingerprint density at radius 3 is 1.00 bits per heavy atom. The van der Waals surface area contributed by atoms with Crippen LogP contribution in [0.15, 0.2) is 0 Å². The van der Waals surface area contributed by atoms with Gasteiger partial charge in [0, 0.05) is 114 Å². The van der Waals surface area contributed by atoms with Gasteiger partial charge in [-0.3, -0.25) is 0 Å². The fraction of sp³-hybridized carbons (Fsp3) is 1.00. The molecule has 0 aliphatic rings. The van der Waals surface area contributed by atoms with Gasteiger partial charge < -0.3 is 0 Å². The minimum atomic E-state index is 0. The van der Waals surface area contributed by atoms with E-state index in [0.717, 1.165) is 0 Å². The number of hydrogen-bond acceptors (Lipinski definition) is 0. The summed E-state index contributed by atoms with van der Waals surface area (Å²) in [5.41, 5.74) is 0. The zero-order valence-corrected chi connectivity index (χ0v) is 14.4. The van der Waals surface area contributed by atoms with Crippen LogP contribution in [-0.2, 0) is 61.8 Å². The molecule has 0 aromatic heterocycles. The van der Waals surface area contributed by atoms with E-state index in [4.69, 9.17) is 0 Å². The molecule has 37 valence electrons. The molecule has 6 heteroatoms. The summed E-state index contributed by atoms with van der Waals surface area (Å²) in [6.07, 6.45) is 0. The molecule has 0 aromatic carbocycles. The van der Waals surface area contributed by atoms with E-state index >= 15 is 0 Å². The van der Waals surface area contributed by atoms with Gasteiger partial charge in [-0.25, -0.2) is 0 Å². The molecular formula is CH4AlFeNbSiSnTa. The Labute approximate surface area is 119 Å². The van der Waals surface area contributed by atoms with Gasteiger partial charge in [0.05, 0.1) is 0 Å². The largest absolute Gasteiger partial charge is 0.0776 e.